The number of nitrogens with one attached hydrogen (secondary N) is 2. The van der Waals surface area contributed by atoms with Gasteiger partial charge in [0.2, 0.25) is 5.89 Å². The summed E-state index contributed by atoms with van der Waals surface area (Å²) in [6.45, 7) is 2.59. The van der Waals surface area contributed by atoms with Gasteiger partial charge in [0, 0.05) is 12.3 Å². The SMILES string of the molecule is C1CCNC1.O=c1[nH]c2cc(Br)c(F)cc2n1Cc1ccc(-c2nnc(C(F)F)o2)cn1. The van der Waals surface area contributed by atoms with Crippen molar-refractivity contribution in [1.29, 1.82) is 0 Å². The van der Waals surface area contributed by atoms with E-state index >= 15 is 0 Å². The van der Waals surface area contributed by atoms with Crippen LogP contribution in [-0.2, 0) is 6.54 Å². The number of fused-ring (bicyclic) bond motifs is 1. The van der Waals surface area contributed by atoms with Gasteiger partial charge in [0.05, 0.1) is 33.3 Å². The van der Waals surface area contributed by atoms with Crippen LogP contribution in [0.25, 0.3) is 22.5 Å². The molecular formula is C20H18BrF3N6O2. The van der Waals surface area contributed by atoms with E-state index in [1.54, 1.807) is 12.1 Å². The average molecular weight is 511 g/mol. The molecule has 5 rings (SSSR count). The summed E-state index contributed by atoms with van der Waals surface area (Å²) in [6.07, 6.45) is 1.29. The quantitative estimate of drug-likeness (QED) is 0.429. The smallest absolute Gasteiger partial charge is 0.326 e. The van der Waals surface area contributed by atoms with Crippen molar-refractivity contribution in [3.63, 3.8) is 0 Å². The standard InChI is InChI=1S/C16H9BrF3N5O2.C4H9N/c17-9-3-11-12(4-10(9)18)25(16(26)22-11)6-8-2-1-7(5-21-8)14-23-24-15(27-14)13(19)20;1-2-4-5-3-1/h1-5,13H,6H2,(H,22,26);5H,1-4H2. The third-order valence-electron chi connectivity index (χ3n) is 4.79. The van der Waals surface area contributed by atoms with E-state index in [-0.39, 0.29) is 16.9 Å². The first kappa shape index (κ1) is 22.2. The summed E-state index contributed by atoms with van der Waals surface area (Å²) in [5.41, 5.74) is 1.32. The van der Waals surface area contributed by atoms with Crippen LogP contribution in [0, 0.1) is 5.82 Å². The molecule has 1 fully saturated rings. The lowest BCUT2D eigenvalue weighted by Crippen LogP contribution is -2.17. The summed E-state index contributed by atoms with van der Waals surface area (Å²) in [5.74, 6) is -1.35. The van der Waals surface area contributed by atoms with Crippen molar-refractivity contribution < 1.29 is 17.6 Å². The number of aromatic amines is 1. The highest BCUT2D eigenvalue weighted by atomic mass is 79.9. The summed E-state index contributed by atoms with van der Waals surface area (Å²) >= 11 is 3.07. The lowest BCUT2D eigenvalue weighted by atomic mass is 10.2. The van der Waals surface area contributed by atoms with Gasteiger partial charge in [-0.25, -0.2) is 9.18 Å². The van der Waals surface area contributed by atoms with Crippen LogP contribution in [-0.4, -0.2) is 37.8 Å². The number of pyridine rings is 1. The largest absolute Gasteiger partial charge is 0.415 e. The molecule has 0 bridgehead atoms. The molecule has 0 unspecified atom stereocenters. The maximum atomic E-state index is 13.8. The number of hydrogen-bond donors (Lipinski definition) is 2. The molecule has 1 aliphatic heterocycles. The molecular weight excluding hydrogens is 493 g/mol. The van der Waals surface area contributed by atoms with Crippen molar-refractivity contribution in [3.8, 4) is 11.5 Å². The highest BCUT2D eigenvalue weighted by Crippen LogP contribution is 2.24. The van der Waals surface area contributed by atoms with Gasteiger partial charge in [-0.2, -0.15) is 8.78 Å². The Morgan fingerprint density at radius 2 is 1.97 bits per heavy atom. The monoisotopic (exact) mass is 510 g/mol. The summed E-state index contributed by atoms with van der Waals surface area (Å²) in [5, 5.41) is 10.0. The highest BCUT2D eigenvalue weighted by molar-refractivity contribution is 9.10. The molecule has 8 nitrogen and oxygen atoms in total. The molecule has 0 aliphatic carbocycles. The van der Waals surface area contributed by atoms with Crippen LogP contribution in [0.3, 0.4) is 0 Å². The van der Waals surface area contributed by atoms with E-state index < -0.39 is 23.8 Å². The molecule has 1 aromatic carbocycles. The van der Waals surface area contributed by atoms with Crippen molar-refractivity contribution in [2.24, 2.45) is 0 Å². The van der Waals surface area contributed by atoms with Crippen molar-refractivity contribution in [2.75, 3.05) is 13.1 Å². The van der Waals surface area contributed by atoms with E-state index in [2.05, 4.69) is 41.4 Å². The molecule has 0 amide bonds. The average Bonchev–Trinajstić information content (AvgIpc) is 3.54. The summed E-state index contributed by atoms with van der Waals surface area (Å²) in [7, 11) is 0. The molecule has 32 heavy (non-hydrogen) atoms. The van der Waals surface area contributed by atoms with Crippen LogP contribution in [0.2, 0.25) is 0 Å². The predicted octanol–water partition coefficient (Wildman–Crippen LogP) is 4.03. The zero-order valence-electron chi connectivity index (χ0n) is 16.6. The molecule has 4 heterocycles. The van der Waals surface area contributed by atoms with Gasteiger partial charge < -0.3 is 14.7 Å². The van der Waals surface area contributed by atoms with Crippen molar-refractivity contribution >= 4 is 27.0 Å². The molecule has 0 spiro atoms. The predicted molar refractivity (Wildman–Crippen MR) is 114 cm³/mol. The van der Waals surface area contributed by atoms with Crippen molar-refractivity contribution in [3.05, 3.63) is 62.8 Å². The van der Waals surface area contributed by atoms with Crippen LogP contribution < -0.4 is 11.0 Å². The Morgan fingerprint density at radius 3 is 2.56 bits per heavy atom. The molecule has 0 atom stereocenters. The number of alkyl halides is 2. The van der Waals surface area contributed by atoms with Crippen molar-refractivity contribution in [2.45, 2.75) is 25.8 Å². The van der Waals surface area contributed by atoms with E-state index in [1.165, 1.54) is 48.8 Å². The number of hydrogen-bond acceptors (Lipinski definition) is 6. The van der Waals surface area contributed by atoms with Crippen LogP contribution >= 0.6 is 15.9 Å². The zero-order valence-corrected chi connectivity index (χ0v) is 18.2. The fourth-order valence-electron chi connectivity index (χ4n) is 3.18. The third kappa shape index (κ3) is 4.91. The minimum atomic E-state index is -2.85. The molecule has 3 aromatic heterocycles. The Labute approximate surface area is 188 Å². The first-order chi connectivity index (χ1) is 15.4. The fourth-order valence-corrected chi connectivity index (χ4v) is 3.52. The Bertz CT molecular complexity index is 1260. The maximum absolute atomic E-state index is 13.8. The summed E-state index contributed by atoms with van der Waals surface area (Å²) < 4.78 is 45.3. The van der Waals surface area contributed by atoms with Crippen molar-refractivity contribution in [1.82, 2.24) is 30.0 Å². The van der Waals surface area contributed by atoms with Gasteiger partial charge in [0.25, 0.3) is 5.89 Å². The Balaban J connectivity index is 0.000000433. The minimum Gasteiger partial charge on any atom is -0.415 e. The van der Waals surface area contributed by atoms with Gasteiger partial charge in [-0.05, 0) is 60.1 Å². The number of H-pyrrole nitrogens is 1. The second-order valence-electron chi connectivity index (χ2n) is 7.04. The number of benzene rings is 1. The van der Waals surface area contributed by atoms with E-state index in [0.717, 1.165) is 0 Å². The lowest BCUT2D eigenvalue weighted by molar-refractivity contribution is 0.116. The summed E-state index contributed by atoms with van der Waals surface area (Å²) in [6, 6.07) is 5.87. The fraction of sp³-hybridized carbons (Fsp3) is 0.300. The van der Waals surface area contributed by atoms with E-state index in [0.29, 0.717) is 22.3 Å². The number of rotatable bonds is 4. The minimum absolute atomic E-state index is 0.0828. The Kier molecular flexibility index (Phi) is 6.70. The highest BCUT2D eigenvalue weighted by Gasteiger charge is 2.17. The van der Waals surface area contributed by atoms with Gasteiger partial charge in [-0.15, -0.1) is 10.2 Å². The topological polar surface area (TPSA) is 102 Å². The van der Waals surface area contributed by atoms with Gasteiger partial charge in [-0.1, -0.05) is 0 Å². The Hall–Kier alpha value is -2.99. The van der Waals surface area contributed by atoms with Gasteiger partial charge in [0.1, 0.15) is 5.82 Å². The second kappa shape index (κ2) is 9.65. The number of imidazole rings is 1. The Morgan fingerprint density at radius 1 is 1.19 bits per heavy atom. The van der Waals surface area contributed by atoms with Crippen LogP contribution in [0.15, 0.2) is 44.1 Å². The molecule has 1 saturated heterocycles. The first-order valence-corrected chi connectivity index (χ1v) is 10.6. The third-order valence-corrected chi connectivity index (χ3v) is 5.40. The molecule has 0 saturated carbocycles. The van der Waals surface area contributed by atoms with Gasteiger partial charge in [-0.3, -0.25) is 9.55 Å². The first-order valence-electron chi connectivity index (χ1n) is 9.77. The molecule has 168 valence electrons. The van der Waals surface area contributed by atoms with E-state index in [1.807, 2.05) is 0 Å². The molecule has 1 aliphatic rings. The maximum Gasteiger partial charge on any atom is 0.326 e. The number of nitrogens with zero attached hydrogens (tertiary/aromatic N) is 4. The molecule has 2 N–H and O–H groups in total. The van der Waals surface area contributed by atoms with E-state index in [9.17, 15) is 18.0 Å². The number of aromatic nitrogens is 5. The molecule has 12 heteroatoms. The van der Waals surface area contributed by atoms with E-state index in [4.69, 9.17) is 4.42 Å². The second-order valence-corrected chi connectivity index (χ2v) is 7.90. The lowest BCUT2D eigenvalue weighted by Gasteiger charge is -2.04. The van der Waals surface area contributed by atoms with Gasteiger partial charge >= 0.3 is 12.1 Å². The van der Waals surface area contributed by atoms with Gasteiger partial charge in [0.15, 0.2) is 0 Å². The summed E-state index contributed by atoms with van der Waals surface area (Å²) in [4.78, 5) is 19.0. The zero-order chi connectivity index (χ0) is 22.7. The van der Waals surface area contributed by atoms with Crippen LogP contribution in [0.1, 0.15) is 30.9 Å². The van der Waals surface area contributed by atoms with Crippen LogP contribution in [0.5, 0.6) is 0 Å². The molecule has 0 radical (unpaired) electrons. The molecule has 4 aromatic rings. The normalized spacial score (nSPS) is 13.5. The van der Waals surface area contributed by atoms with Crippen LogP contribution in [0.4, 0.5) is 13.2 Å². The number of halogens is 4.